The standard InChI is InChI=1S/C14H24N2O2/c1-10(2)18-14-13(7-6-8-15-14)9-16-11(3)12(4)17-5/h6-8,10-12,16H,9H2,1-5H3. The number of pyridine rings is 1. The van der Waals surface area contributed by atoms with Crippen molar-refractivity contribution in [1.29, 1.82) is 0 Å². The van der Waals surface area contributed by atoms with Crippen LogP contribution in [0.4, 0.5) is 0 Å². The normalized spacial score (nSPS) is 14.6. The third kappa shape index (κ3) is 4.63. The van der Waals surface area contributed by atoms with Gasteiger partial charge < -0.3 is 14.8 Å². The van der Waals surface area contributed by atoms with Gasteiger partial charge in [-0.25, -0.2) is 4.98 Å². The zero-order valence-corrected chi connectivity index (χ0v) is 11.9. The van der Waals surface area contributed by atoms with Gasteiger partial charge in [-0.05, 0) is 33.8 Å². The summed E-state index contributed by atoms with van der Waals surface area (Å²) in [4.78, 5) is 4.27. The van der Waals surface area contributed by atoms with Crippen LogP contribution in [0.1, 0.15) is 33.3 Å². The molecule has 2 atom stereocenters. The molecule has 4 nitrogen and oxygen atoms in total. The number of nitrogens with zero attached hydrogens (tertiary/aromatic N) is 1. The third-order valence-electron chi connectivity index (χ3n) is 2.89. The molecule has 102 valence electrons. The highest BCUT2D eigenvalue weighted by atomic mass is 16.5. The molecule has 1 aromatic heterocycles. The van der Waals surface area contributed by atoms with E-state index in [1.807, 2.05) is 32.9 Å². The van der Waals surface area contributed by atoms with E-state index in [4.69, 9.17) is 9.47 Å². The van der Waals surface area contributed by atoms with E-state index in [-0.39, 0.29) is 18.2 Å². The first-order chi connectivity index (χ1) is 8.54. The lowest BCUT2D eigenvalue weighted by molar-refractivity contribution is 0.0880. The average Bonchev–Trinajstić information content (AvgIpc) is 2.35. The molecule has 18 heavy (non-hydrogen) atoms. The molecule has 0 aliphatic rings. The molecule has 0 saturated heterocycles. The lowest BCUT2D eigenvalue weighted by Crippen LogP contribution is -2.36. The molecule has 4 heteroatoms. The number of aromatic nitrogens is 1. The number of nitrogens with one attached hydrogen (secondary N) is 1. The van der Waals surface area contributed by atoms with Crippen LogP contribution in [0.2, 0.25) is 0 Å². The number of methoxy groups -OCH3 is 1. The molecule has 1 aromatic rings. The molecule has 1 heterocycles. The first-order valence-corrected chi connectivity index (χ1v) is 6.41. The maximum absolute atomic E-state index is 5.68. The van der Waals surface area contributed by atoms with E-state index in [1.165, 1.54) is 0 Å². The number of hydrogen-bond donors (Lipinski definition) is 1. The van der Waals surface area contributed by atoms with Crippen molar-refractivity contribution in [3.8, 4) is 5.88 Å². The molecular weight excluding hydrogens is 228 g/mol. The van der Waals surface area contributed by atoms with Gasteiger partial charge in [0.1, 0.15) is 0 Å². The summed E-state index contributed by atoms with van der Waals surface area (Å²) in [6, 6.07) is 4.23. The molecular formula is C14H24N2O2. The quantitative estimate of drug-likeness (QED) is 0.809. The second-order valence-electron chi connectivity index (χ2n) is 4.74. The maximum atomic E-state index is 5.68. The van der Waals surface area contributed by atoms with Crippen molar-refractivity contribution in [3.63, 3.8) is 0 Å². The van der Waals surface area contributed by atoms with Crippen LogP contribution in [0, 0.1) is 0 Å². The summed E-state index contributed by atoms with van der Waals surface area (Å²) >= 11 is 0. The van der Waals surface area contributed by atoms with E-state index in [0.717, 1.165) is 12.1 Å². The fraction of sp³-hybridized carbons (Fsp3) is 0.643. The van der Waals surface area contributed by atoms with Crippen molar-refractivity contribution in [3.05, 3.63) is 23.9 Å². The minimum absolute atomic E-state index is 0.133. The topological polar surface area (TPSA) is 43.4 Å². The molecule has 2 unspecified atom stereocenters. The zero-order valence-electron chi connectivity index (χ0n) is 11.9. The third-order valence-corrected chi connectivity index (χ3v) is 2.89. The summed E-state index contributed by atoms with van der Waals surface area (Å²) in [6.45, 7) is 8.88. The molecule has 0 aliphatic heterocycles. The summed E-state index contributed by atoms with van der Waals surface area (Å²) in [5.41, 5.74) is 1.07. The van der Waals surface area contributed by atoms with Gasteiger partial charge in [-0.15, -0.1) is 0 Å². The lowest BCUT2D eigenvalue weighted by atomic mass is 10.2. The van der Waals surface area contributed by atoms with Gasteiger partial charge in [0.25, 0.3) is 0 Å². The van der Waals surface area contributed by atoms with Crippen molar-refractivity contribution < 1.29 is 9.47 Å². The second kappa shape index (κ2) is 7.34. The van der Waals surface area contributed by atoms with E-state index < -0.39 is 0 Å². The minimum Gasteiger partial charge on any atom is -0.475 e. The Bertz CT molecular complexity index is 355. The van der Waals surface area contributed by atoms with Crippen LogP contribution in [0.15, 0.2) is 18.3 Å². The Balaban J connectivity index is 2.61. The predicted octanol–water partition coefficient (Wildman–Crippen LogP) is 2.38. The molecule has 0 aliphatic carbocycles. The van der Waals surface area contributed by atoms with Gasteiger partial charge in [0, 0.05) is 31.5 Å². The Morgan fingerprint density at radius 1 is 1.28 bits per heavy atom. The van der Waals surface area contributed by atoms with E-state index in [2.05, 4.69) is 17.2 Å². The smallest absolute Gasteiger partial charge is 0.218 e. The summed E-state index contributed by atoms with van der Waals surface area (Å²) in [7, 11) is 1.72. The lowest BCUT2D eigenvalue weighted by Gasteiger charge is -2.20. The van der Waals surface area contributed by atoms with Crippen LogP contribution in [-0.2, 0) is 11.3 Å². The summed E-state index contributed by atoms with van der Waals surface area (Å²) in [5, 5.41) is 3.42. The van der Waals surface area contributed by atoms with Crippen LogP contribution in [0.25, 0.3) is 0 Å². The van der Waals surface area contributed by atoms with Gasteiger partial charge in [-0.1, -0.05) is 6.07 Å². The minimum atomic E-state index is 0.133. The highest BCUT2D eigenvalue weighted by Crippen LogP contribution is 2.16. The van der Waals surface area contributed by atoms with Gasteiger partial charge in [-0.3, -0.25) is 0 Å². The van der Waals surface area contributed by atoms with Crippen LogP contribution in [0.5, 0.6) is 5.88 Å². The molecule has 0 aromatic carbocycles. The van der Waals surface area contributed by atoms with Crippen LogP contribution < -0.4 is 10.1 Å². The van der Waals surface area contributed by atoms with Crippen molar-refractivity contribution in [2.45, 2.75) is 52.5 Å². The molecule has 0 spiro atoms. The largest absolute Gasteiger partial charge is 0.475 e. The molecule has 0 bridgehead atoms. The fourth-order valence-corrected chi connectivity index (χ4v) is 1.53. The summed E-state index contributed by atoms with van der Waals surface area (Å²) < 4.78 is 11.0. The molecule has 0 fully saturated rings. The van der Waals surface area contributed by atoms with Crippen LogP contribution in [0.3, 0.4) is 0 Å². The Labute approximate surface area is 110 Å². The first kappa shape index (κ1) is 14.9. The van der Waals surface area contributed by atoms with E-state index in [9.17, 15) is 0 Å². The van der Waals surface area contributed by atoms with E-state index in [1.54, 1.807) is 13.3 Å². The van der Waals surface area contributed by atoms with Gasteiger partial charge in [0.2, 0.25) is 5.88 Å². The molecule has 1 N–H and O–H groups in total. The SMILES string of the molecule is COC(C)C(C)NCc1cccnc1OC(C)C. The number of rotatable bonds is 7. The van der Waals surface area contributed by atoms with Crippen molar-refractivity contribution in [1.82, 2.24) is 10.3 Å². The highest BCUT2D eigenvalue weighted by Gasteiger charge is 2.12. The van der Waals surface area contributed by atoms with Gasteiger partial charge in [0.05, 0.1) is 12.2 Å². The Morgan fingerprint density at radius 2 is 2.00 bits per heavy atom. The Hall–Kier alpha value is -1.13. The molecule has 0 saturated carbocycles. The predicted molar refractivity (Wildman–Crippen MR) is 72.8 cm³/mol. The summed E-state index contributed by atoms with van der Waals surface area (Å²) in [6.07, 6.45) is 2.06. The van der Waals surface area contributed by atoms with Crippen molar-refractivity contribution in [2.24, 2.45) is 0 Å². The molecule has 1 rings (SSSR count). The second-order valence-corrected chi connectivity index (χ2v) is 4.74. The average molecular weight is 252 g/mol. The van der Waals surface area contributed by atoms with Gasteiger partial charge in [-0.2, -0.15) is 0 Å². The van der Waals surface area contributed by atoms with E-state index in [0.29, 0.717) is 5.88 Å². The van der Waals surface area contributed by atoms with Gasteiger partial charge in [0.15, 0.2) is 0 Å². The maximum Gasteiger partial charge on any atom is 0.218 e. The van der Waals surface area contributed by atoms with Crippen LogP contribution >= 0.6 is 0 Å². The Morgan fingerprint density at radius 3 is 2.61 bits per heavy atom. The first-order valence-electron chi connectivity index (χ1n) is 6.41. The monoisotopic (exact) mass is 252 g/mol. The summed E-state index contributed by atoms with van der Waals surface area (Å²) in [5.74, 6) is 0.706. The molecule has 0 amide bonds. The number of hydrogen-bond acceptors (Lipinski definition) is 4. The zero-order chi connectivity index (χ0) is 13.5. The number of ether oxygens (including phenoxy) is 2. The van der Waals surface area contributed by atoms with Crippen molar-refractivity contribution >= 4 is 0 Å². The van der Waals surface area contributed by atoms with Crippen LogP contribution in [-0.4, -0.2) is 30.3 Å². The Kier molecular flexibility index (Phi) is 6.09. The fourth-order valence-electron chi connectivity index (χ4n) is 1.53. The highest BCUT2D eigenvalue weighted by molar-refractivity contribution is 5.25. The van der Waals surface area contributed by atoms with Gasteiger partial charge >= 0.3 is 0 Å². The van der Waals surface area contributed by atoms with E-state index >= 15 is 0 Å². The molecule has 0 radical (unpaired) electrons. The van der Waals surface area contributed by atoms with Crippen molar-refractivity contribution in [2.75, 3.05) is 7.11 Å².